The summed E-state index contributed by atoms with van der Waals surface area (Å²) in [6.07, 6.45) is 0.876. The van der Waals surface area contributed by atoms with Crippen molar-refractivity contribution in [3.05, 3.63) is 65.7 Å². The Morgan fingerprint density at radius 2 is 1.75 bits per heavy atom. The van der Waals surface area contributed by atoms with Crippen molar-refractivity contribution in [2.24, 2.45) is 0 Å². The van der Waals surface area contributed by atoms with E-state index in [0.717, 1.165) is 13.0 Å². The molecule has 0 spiro atoms. The van der Waals surface area contributed by atoms with Gasteiger partial charge in [-0.25, -0.2) is 0 Å². The lowest BCUT2D eigenvalue weighted by Crippen LogP contribution is -2.29. The third-order valence-electron chi connectivity index (χ3n) is 3.52. The Kier molecular flexibility index (Phi) is 6.51. The highest BCUT2D eigenvalue weighted by Gasteiger charge is 2.09. The van der Waals surface area contributed by atoms with Crippen molar-refractivity contribution < 1.29 is 9.59 Å². The fourth-order valence-electron chi connectivity index (χ4n) is 2.27. The van der Waals surface area contributed by atoms with Gasteiger partial charge >= 0.3 is 0 Å². The maximum atomic E-state index is 12.0. The second kappa shape index (κ2) is 8.84. The van der Waals surface area contributed by atoms with Crippen molar-refractivity contribution in [1.29, 1.82) is 0 Å². The van der Waals surface area contributed by atoms with Gasteiger partial charge in [0.2, 0.25) is 5.91 Å². The van der Waals surface area contributed by atoms with E-state index in [0.29, 0.717) is 11.3 Å². The molecule has 0 unspecified atom stereocenters. The van der Waals surface area contributed by atoms with E-state index >= 15 is 0 Å². The second-order valence-corrected chi connectivity index (χ2v) is 5.74. The molecule has 0 aliphatic rings. The largest absolute Gasteiger partial charge is 0.345 e. The molecular weight excluding hydrogens is 302 g/mol. The number of carbonyl (C=O) groups excluding carboxylic acids is 2. The molecule has 0 bridgehead atoms. The van der Waals surface area contributed by atoms with Crippen LogP contribution in [-0.4, -0.2) is 43.9 Å². The standard InChI is InChI=1S/C19H23N3O2/c1-22(2)19(24)16-9-6-10-17(13-16)21-18(23)14-20-12-11-15-7-4-3-5-8-15/h3-10,13,20H,11-12,14H2,1-2H3,(H,21,23). The van der Waals surface area contributed by atoms with Gasteiger partial charge in [-0.1, -0.05) is 36.4 Å². The fourth-order valence-corrected chi connectivity index (χ4v) is 2.27. The van der Waals surface area contributed by atoms with E-state index in [-0.39, 0.29) is 18.4 Å². The number of anilines is 1. The zero-order chi connectivity index (χ0) is 17.4. The lowest BCUT2D eigenvalue weighted by atomic mass is 10.1. The summed E-state index contributed by atoms with van der Waals surface area (Å²) in [4.78, 5) is 25.4. The Labute approximate surface area is 142 Å². The van der Waals surface area contributed by atoms with Crippen molar-refractivity contribution in [3.63, 3.8) is 0 Å². The summed E-state index contributed by atoms with van der Waals surface area (Å²) < 4.78 is 0. The molecule has 126 valence electrons. The summed E-state index contributed by atoms with van der Waals surface area (Å²) in [5.41, 5.74) is 2.41. The minimum atomic E-state index is -0.127. The zero-order valence-corrected chi connectivity index (χ0v) is 14.1. The van der Waals surface area contributed by atoms with Crippen LogP contribution >= 0.6 is 0 Å². The molecule has 2 aromatic carbocycles. The zero-order valence-electron chi connectivity index (χ0n) is 14.1. The Bertz CT molecular complexity index is 684. The van der Waals surface area contributed by atoms with Gasteiger partial charge in [0, 0.05) is 25.3 Å². The topological polar surface area (TPSA) is 61.4 Å². The molecule has 0 aliphatic carbocycles. The average Bonchev–Trinajstić information content (AvgIpc) is 2.59. The number of amides is 2. The van der Waals surface area contributed by atoms with Crippen LogP contribution in [0, 0.1) is 0 Å². The van der Waals surface area contributed by atoms with Gasteiger partial charge < -0.3 is 15.5 Å². The van der Waals surface area contributed by atoms with Gasteiger partial charge in [0.15, 0.2) is 0 Å². The smallest absolute Gasteiger partial charge is 0.253 e. The molecule has 24 heavy (non-hydrogen) atoms. The molecule has 0 saturated carbocycles. The number of nitrogens with zero attached hydrogens (tertiary/aromatic N) is 1. The SMILES string of the molecule is CN(C)C(=O)c1cccc(NC(=O)CNCCc2ccccc2)c1. The van der Waals surface area contributed by atoms with Crippen LogP contribution in [0.1, 0.15) is 15.9 Å². The predicted octanol–water partition coefficient (Wildman–Crippen LogP) is 2.16. The van der Waals surface area contributed by atoms with E-state index in [1.165, 1.54) is 10.5 Å². The first kappa shape index (κ1) is 17.7. The number of rotatable bonds is 7. The minimum Gasteiger partial charge on any atom is -0.345 e. The van der Waals surface area contributed by atoms with Crippen molar-refractivity contribution in [2.45, 2.75) is 6.42 Å². The highest BCUT2D eigenvalue weighted by Crippen LogP contribution is 2.11. The second-order valence-electron chi connectivity index (χ2n) is 5.74. The first-order valence-electron chi connectivity index (χ1n) is 7.92. The third-order valence-corrected chi connectivity index (χ3v) is 3.52. The summed E-state index contributed by atoms with van der Waals surface area (Å²) >= 11 is 0. The van der Waals surface area contributed by atoms with Crippen molar-refractivity contribution in [3.8, 4) is 0 Å². The average molecular weight is 325 g/mol. The number of nitrogens with one attached hydrogen (secondary N) is 2. The summed E-state index contributed by atoms with van der Waals surface area (Å²) in [7, 11) is 3.40. The molecule has 2 N–H and O–H groups in total. The summed E-state index contributed by atoms with van der Waals surface area (Å²) in [5.74, 6) is -0.218. The molecule has 0 radical (unpaired) electrons. The number of hydrogen-bond acceptors (Lipinski definition) is 3. The molecule has 0 fully saturated rings. The molecule has 0 aliphatic heterocycles. The van der Waals surface area contributed by atoms with Crippen LogP contribution in [0.25, 0.3) is 0 Å². The van der Waals surface area contributed by atoms with Crippen LogP contribution < -0.4 is 10.6 Å². The minimum absolute atomic E-state index is 0.0907. The van der Waals surface area contributed by atoms with E-state index in [4.69, 9.17) is 0 Å². The highest BCUT2D eigenvalue weighted by atomic mass is 16.2. The molecule has 0 saturated heterocycles. The van der Waals surface area contributed by atoms with Gasteiger partial charge in [0.1, 0.15) is 0 Å². The van der Waals surface area contributed by atoms with Crippen LogP contribution in [0.3, 0.4) is 0 Å². The van der Waals surface area contributed by atoms with E-state index in [9.17, 15) is 9.59 Å². The highest BCUT2D eigenvalue weighted by molar-refractivity contribution is 5.97. The molecule has 5 heteroatoms. The third kappa shape index (κ3) is 5.52. The molecular formula is C19H23N3O2. The number of benzene rings is 2. The molecule has 0 heterocycles. The van der Waals surface area contributed by atoms with Gasteiger partial charge in [-0.2, -0.15) is 0 Å². The van der Waals surface area contributed by atoms with Crippen molar-refractivity contribution in [2.75, 3.05) is 32.5 Å². The Morgan fingerprint density at radius 3 is 2.46 bits per heavy atom. The normalized spacial score (nSPS) is 10.2. The molecule has 2 aromatic rings. The molecule has 2 amide bonds. The van der Waals surface area contributed by atoms with E-state index in [1.807, 2.05) is 18.2 Å². The Balaban J connectivity index is 1.78. The number of hydrogen-bond donors (Lipinski definition) is 2. The summed E-state index contributed by atoms with van der Waals surface area (Å²) in [6.45, 7) is 0.968. The lowest BCUT2D eigenvalue weighted by Gasteiger charge is -2.12. The van der Waals surface area contributed by atoms with Crippen LogP contribution in [0.15, 0.2) is 54.6 Å². The van der Waals surface area contributed by atoms with Gasteiger partial charge in [-0.3, -0.25) is 9.59 Å². The Morgan fingerprint density at radius 1 is 1.00 bits per heavy atom. The predicted molar refractivity (Wildman–Crippen MR) is 96.1 cm³/mol. The molecule has 0 atom stereocenters. The first-order valence-corrected chi connectivity index (χ1v) is 7.92. The fraction of sp³-hybridized carbons (Fsp3) is 0.263. The van der Waals surface area contributed by atoms with Crippen LogP contribution in [0.5, 0.6) is 0 Å². The summed E-state index contributed by atoms with van der Waals surface area (Å²) in [6, 6.07) is 17.1. The Hall–Kier alpha value is -2.66. The van der Waals surface area contributed by atoms with Crippen molar-refractivity contribution >= 4 is 17.5 Å². The van der Waals surface area contributed by atoms with Crippen LogP contribution in [0.4, 0.5) is 5.69 Å². The van der Waals surface area contributed by atoms with E-state index < -0.39 is 0 Å². The molecule has 2 rings (SSSR count). The van der Waals surface area contributed by atoms with Crippen molar-refractivity contribution in [1.82, 2.24) is 10.2 Å². The van der Waals surface area contributed by atoms with Gasteiger partial charge in [0.25, 0.3) is 5.91 Å². The van der Waals surface area contributed by atoms with Gasteiger partial charge in [-0.05, 0) is 36.7 Å². The molecule has 0 aromatic heterocycles. The first-order chi connectivity index (χ1) is 11.6. The van der Waals surface area contributed by atoms with Crippen LogP contribution in [-0.2, 0) is 11.2 Å². The maximum absolute atomic E-state index is 12.0. The van der Waals surface area contributed by atoms with Gasteiger partial charge in [0.05, 0.1) is 6.54 Å². The maximum Gasteiger partial charge on any atom is 0.253 e. The lowest BCUT2D eigenvalue weighted by molar-refractivity contribution is -0.115. The molecule has 5 nitrogen and oxygen atoms in total. The van der Waals surface area contributed by atoms with E-state index in [2.05, 4.69) is 22.8 Å². The quantitative estimate of drug-likeness (QED) is 0.767. The van der Waals surface area contributed by atoms with Gasteiger partial charge in [-0.15, -0.1) is 0 Å². The van der Waals surface area contributed by atoms with Crippen LogP contribution in [0.2, 0.25) is 0 Å². The number of carbonyl (C=O) groups is 2. The van der Waals surface area contributed by atoms with E-state index in [1.54, 1.807) is 38.4 Å². The summed E-state index contributed by atoms with van der Waals surface area (Å²) in [5, 5.41) is 5.92. The monoisotopic (exact) mass is 325 g/mol.